The summed E-state index contributed by atoms with van der Waals surface area (Å²) in [6.45, 7) is 14.4. The first-order chi connectivity index (χ1) is 17.9. The van der Waals surface area contributed by atoms with Crippen LogP contribution in [0.3, 0.4) is 0 Å². The van der Waals surface area contributed by atoms with Crippen molar-refractivity contribution in [3.8, 4) is 0 Å². The van der Waals surface area contributed by atoms with Gasteiger partial charge in [0.15, 0.2) is 5.71 Å². The zero-order valence-corrected chi connectivity index (χ0v) is 24.1. The zero-order valence-electron chi connectivity index (χ0n) is 24.1. The summed E-state index contributed by atoms with van der Waals surface area (Å²) >= 11 is 0. The summed E-state index contributed by atoms with van der Waals surface area (Å²) in [5.74, 6) is -0.712. The molecule has 2 aromatic rings. The van der Waals surface area contributed by atoms with Crippen molar-refractivity contribution in [1.29, 1.82) is 0 Å². The minimum atomic E-state index is -0.712. The molecule has 2 heterocycles. The zero-order chi connectivity index (χ0) is 27.7. The normalized spacial score (nSPS) is 18.7. The molecular weight excluding hydrogens is 468 g/mol. The van der Waals surface area contributed by atoms with Gasteiger partial charge in [-0.05, 0) is 64.3 Å². The number of fused-ring (bicyclic) bond motifs is 2. The van der Waals surface area contributed by atoms with Crippen LogP contribution in [0, 0.1) is 13.8 Å². The van der Waals surface area contributed by atoms with E-state index in [-0.39, 0.29) is 17.3 Å². The first-order valence-electron chi connectivity index (χ1n) is 13.8. The van der Waals surface area contributed by atoms with Crippen molar-refractivity contribution < 1.29 is 14.5 Å². The molecule has 1 N–H and O–H groups in total. The molecule has 0 radical (unpaired) electrons. The summed E-state index contributed by atoms with van der Waals surface area (Å²) in [5, 5.41) is 8.96. The summed E-state index contributed by atoms with van der Waals surface area (Å²) in [5.41, 5.74) is 10.3. The number of rotatable bonds is 9. The van der Waals surface area contributed by atoms with Gasteiger partial charge in [0.25, 0.3) is 0 Å². The van der Waals surface area contributed by atoms with Crippen LogP contribution in [0.2, 0.25) is 0 Å². The maximum atomic E-state index is 10.9. The second-order valence-corrected chi connectivity index (χ2v) is 11.9. The van der Waals surface area contributed by atoms with Gasteiger partial charge in [-0.2, -0.15) is 4.58 Å². The van der Waals surface area contributed by atoms with Gasteiger partial charge in [-0.1, -0.05) is 67.8 Å². The van der Waals surface area contributed by atoms with E-state index in [4.69, 9.17) is 5.11 Å². The molecule has 2 aliphatic rings. The first-order valence-corrected chi connectivity index (χ1v) is 13.8. The molecule has 0 aromatic heterocycles. The molecule has 38 heavy (non-hydrogen) atoms. The standard InChI is InChI=1S/C34H42N2O2/c1-24-17-19-28-26(22-24)33(3,4)30(35(28)7)14-10-8-11-15-31-34(5,6)27-23-25(2)18-20-29(27)36(31)21-13-9-12-16-32(37)38/h8,10-11,14-15,17-20,22-23H,9,12-13,16,21H2,1-7H3/p+1. The molecule has 0 fully saturated rings. The topological polar surface area (TPSA) is 43.6 Å². The van der Waals surface area contributed by atoms with Crippen LogP contribution in [0.1, 0.15) is 75.6 Å². The number of carbonyl (C=O) groups is 1. The fourth-order valence-electron chi connectivity index (χ4n) is 6.06. The van der Waals surface area contributed by atoms with E-state index >= 15 is 0 Å². The average molecular weight is 512 g/mol. The van der Waals surface area contributed by atoms with Crippen LogP contribution in [0.5, 0.6) is 0 Å². The summed E-state index contributed by atoms with van der Waals surface area (Å²) in [6.07, 6.45) is 13.8. The van der Waals surface area contributed by atoms with Gasteiger partial charge >= 0.3 is 5.97 Å². The lowest BCUT2D eigenvalue weighted by molar-refractivity contribution is -0.401. The van der Waals surface area contributed by atoms with E-state index in [1.165, 1.54) is 45.0 Å². The number of carboxylic acids is 1. The molecule has 2 aromatic carbocycles. The van der Waals surface area contributed by atoms with Crippen LogP contribution in [0.25, 0.3) is 0 Å². The van der Waals surface area contributed by atoms with Gasteiger partial charge in [-0.3, -0.25) is 4.79 Å². The Labute approximate surface area is 228 Å². The maximum absolute atomic E-state index is 10.9. The van der Waals surface area contributed by atoms with Crippen LogP contribution in [-0.2, 0) is 15.6 Å². The molecule has 0 atom stereocenters. The van der Waals surface area contributed by atoms with Gasteiger partial charge in [0.1, 0.15) is 7.05 Å². The number of anilines is 1. The number of allylic oxidation sites excluding steroid dienone is 6. The van der Waals surface area contributed by atoms with E-state index in [1.807, 2.05) is 0 Å². The highest BCUT2D eigenvalue weighted by atomic mass is 16.4. The Morgan fingerprint density at radius 1 is 0.895 bits per heavy atom. The fraction of sp³-hybridized carbons (Fsp3) is 0.412. The van der Waals surface area contributed by atoms with Gasteiger partial charge in [0.2, 0.25) is 5.69 Å². The Hall–Kier alpha value is -3.40. The predicted molar refractivity (Wildman–Crippen MR) is 159 cm³/mol. The van der Waals surface area contributed by atoms with Crippen LogP contribution >= 0.6 is 0 Å². The Morgan fingerprint density at radius 2 is 1.58 bits per heavy atom. The highest BCUT2D eigenvalue weighted by Gasteiger charge is 2.43. The molecule has 4 heteroatoms. The van der Waals surface area contributed by atoms with Crippen molar-refractivity contribution in [2.75, 3.05) is 18.5 Å². The van der Waals surface area contributed by atoms with Crippen molar-refractivity contribution >= 4 is 23.1 Å². The number of aryl methyl sites for hydroxylation is 2. The number of carboxylic acid groups (broad SMARTS) is 1. The van der Waals surface area contributed by atoms with Crippen LogP contribution in [0.4, 0.5) is 11.4 Å². The van der Waals surface area contributed by atoms with Crippen molar-refractivity contribution in [2.45, 2.75) is 78.1 Å². The molecule has 0 saturated carbocycles. The molecule has 4 nitrogen and oxygen atoms in total. The molecule has 0 amide bonds. The van der Waals surface area contributed by atoms with Crippen molar-refractivity contribution in [3.05, 3.63) is 94.7 Å². The van der Waals surface area contributed by atoms with E-state index in [9.17, 15) is 4.79 Å². The quantitative estimate of drug-likeness (QED) is 0.213. The number of benzene rings is 2. The Kier molecular flexibility index (Phi) is 7.83. The van der Waals surface area contributed by atoms with E-state index in [0.29, 0.717) is 0 Å². The molecule has 0 saturated heterocycles. The summed E-state index contributed by atoms with van der Waals surface area (Å²) < 4.78 is 2.31. The van der Waals surface area contributed by atoms with E-state index in [0.717, 1.165) is 25.8 Å². The predicted octanol–water partition coefficient (Wildman–Crippen LogP) is 7.75. The average Bonchev–Trinajstić information content (AvgIpc) is 3.16. The monoisotopic (exact) mass is 511 g/mol. The minimum absolute atomic E-state index is 0.0384. The Morgan fingerprint density at radius 3 is 2.29 bits per heavy atom. The van der Waals surface area contributed by atoms with Crippen LogP contribution in [0.15, 0.2) is 72.5 Å². The van der Waals surface area contributed by atoms with E-state index in [2.05, 4.69) is 125 Å². The van der Waals surface area contributed by atoms with Gasteiger partial charge in [-0.25, -0.2) is 0 Å². The third-order valence-corrected chi connectivity index (χ3v) is 8.24. The van der Waals surface area contributed by atoms with Gasteiger partial charge in [0.05, 0.1) is 5.41 Å². The molecule has 0 unspecified atom stereocenters. The number of nitrogens with zero attached hydrogens (tertiary/aromatic N) is 2. The third kappa shape index (κ3) is 5.27. The minimum Gasteiger partial charge on any atom is -0.481 e. The van der Waals surface area contributed by atoms with E-state index < -0.39 is 5.97 Å². The smallest absolute Gasteiger partial charge is 0.303 e. The maximum Gasteiger partial charge on any atom is 0.303 e. The summed E-state index contributed by atoms with van der Waals surface area (Å²) in [4.78, 5) is 13.3. The SMILES string of the molecule is Cc1ccc2c(c1)C(C)(C)C(/C=C/C=C/C=C1/N(CCCCCC(=O)O)c3ccc(C)cc3C1(C)C)=[N+]2C. The van der Waals surface area contributed by atoms with Gasteiger partial charge < -0.3 is 10.0 Å². The Bertz CT molecular complexity index is 1350. The largest absolute Gasteiger partial charge is 0.481 e. The lowest BCUT2D eigenvalue weighted by Crippen LogP contribution is -2.27. The second kappa shape index (κ2) is 10.8. The van der Waals surface area contributed by atoms with Crippen molar-refractivity contribution in [1.82, 2.24) is 0 Å². The molecule has 0 aliphatic carbocycles. The third-order valence-electron chi connectivity index (χ3n) is 8.24. The first kappa shape index (κ1) is 27.6. The molecule has 2 aliphatic heterocycles. The van der Waals surface area contributed by atoms with Crippen molar-refractivity contribution in [3.63, 3.8) is 0 Å². The number of hydrogen-bond donors (Lipinski definition) is 1. The van der Waals surface area contributed by atoms with Gasteiger partial charge in [-0.15, -0.1) is 0 Å². The molecule has 200 valence electrons. The Balaban J connectivity index is 1.55. The number of aliphatic carboxylic acids is 1. The van der Waals surface area contributed by atoms with E-state index in [1.54, 1.807) is 0 Å². The molecule has 0 spiro atoms. The molecular formula is C34H43N2O2+. The van der Waals surface area contributed by atoms with Crippen LogP contribution in [-0.4, -0.2) is 35.0 Å². The second-order valence-electron chi connectivity index (χ2n) is 11.9. The van der Waals surface area contributed by atoms with Crippen LogP contribution < -0.4 is 4.90 Å². The summed E-state index contributed by atoms with van der Waals surface area (Å²) in [7, 11) is 2.16. The van der Waals surface area contributed by atoms with Gasteiger partial charge in [0, 0.05) is 47.5 Å². The highest BCUT2D eigenvalue weighted by molar-refractivity contribution is 6.03. The molecule has 4 rings (SSSR count). The number of unbranched alkanes of at least 4 members (excludes halogenated alkanes) is 2. The van der Waals surface area contributed by atoms with Crippen molar-refractivity contribution in [2.24, 2.45) is 0 Å². The summed E-state index contributed by atoms with van der Waals surface area (Å²) in [6, 6.07) is 13.5. The highest BCUT2D eigenvalue weighted by Crippen LogP contribution is 2.48. The lowest BCUT2D eigenvalue weighted by Gasteiger charge is -2.27. The number of hydrogen-bond acceptors (Lipinski definition) is 2. The molecule has 0 bridgehead atoms. The fourth-order valence-corrected chi connectivity index (χ4v) is 6.06. The lowest BCUT2D eigenvalue weighted by atomic mass is 9.81.